The first-order valence-electron chi connectivity index (χ1n) is 8.37. The van der Waals surface area contributed by atoms with Crippen molar-refractivity contribution >= 4 is 11.9 Å². The molecule has 7 nitrogen and oxygen atoms in total. The lowest BCUT2D eigenvalue weighted by atomic mass is 10.1. The van der Waals surface area contributed by atoms with Gasteiger partial charge in [-0.2, -0.15) is 0 Å². The number of morpholine rings is 1. The molecule has 1 aliphatic heterocycles. The van der Waals surface area contributed by atoms with Crippen molar-refractivity contribution in [3.05, 3.63) is 23.8 Å². The Balaban J connectivity index is 2.08. The number of carboxylic acids is 1. The number of rotatable bonds is 7. The highest BCUT2D eigenvalue weighted by atomic mass is 16.5. The summed E-state index contributed by atoms with van der Waals surface area (Å²) >= 11 is 0. The fourth-order valence-electron chi connectivity index (χ4n) is 2.49. The third kappa shape index (κ3) is 5.09. The minimum Gasteiger partial charge on any atom is -0.493 e. The zero-order valence-corrected chi connectivity index (χ0v) is 14.9. The highest BCUT2D eigenvalue weighted by Gasteiger charge is 2.29. The molecule has 1 aromatic carbocycles. The molecule has 1 amide bonds. The summed E-state index contributed by atoms with van der Waals surface area (Å²) in [7, 11) is 1.52. The fourth-order valence-corrected chi connectivity index (χ4v) is 2.49. The molecule has 1 saturated heterocycles. The van der Waals surface area contributed by atoms with Gasteiger partial charge in [-0.1, -0.05) is 13.8 Å². The maximum atomic E-state index is 12.6. The molecule has 1 fully saturated rings. The molecular formula is C18H25NO6. The van der Waals surface area contributed by atoms with Gasteiger partial charge >= 0.3 is 5.97 Å². The molecule has 1 aliphatic rings. The summed E-state index contributed by atoms with van der Waals surface area (Å²) < 4.78 is 16.2. The summed E-state index contributed by atoms with van der Waals surface area (Å²) in [4.78, 5) is 25.2. The van der Waals surface area contributed by atoms with Crippen molar-refractivity contribution in [3.63, 3.8) is 0 Å². The molecule has 0 saturated carbocycles. The van der Waals surface area contributed by atoms with E-state index in [4.69, 9.17) is 19.3 Å². The Labute approximate surface area is 147 Å². The molecule has 0 bridgehead atoms. The number of methoxy groups -OCH3 is 1. The van der Waals surface area contributed by atoms with Gasteiger partial charge in [-0.3, -0.25) is 4.79 Å². The van der Waals surface area contributed by atoms with E-state index in [1.807, 2.05) is 0 Å². The molecule has 1 aromatic rings. The van der Waals surface area contributed by atoms with E-state index in [1.54, 1.807) is 18.2 Å². The van der Waals surface area contributed by atoms with Gasteiger partial charge in [0.1, 0.15) is 0 Å². The van der Waals surface area contributed by atoms with Crippen molar-refractivity contribution in [3.8, 4) is 11.5 Å². The molecule has 138 valence electrons. The normalized spacial score (nSPS) is 17.4. The predicted octanol–water partition coefficient (Wildman–Crippen LogP) is 2.05. The molecule has 0 aromatic heterocycles. The van der Waals surface area contributed by atoms with Gasteiger partial charge < -0.3 is 24.2 Å². The van der Waals surface area contributed by atoms with Crippen molar-refractivity contribution in [2.24, 2.45) is 5.92 Å². The largest absolute Gasteiger partial charge is 0.493 e. The van der Waals surface area contributed by atoms with Crippen LogP contribution in [0.2, 0.25) is 0 Å². The van der Waals surface area contributed by atoms with Crippen LogP contribution in [0.3, 0.4) is 0 Å². The summed E-state index contributed by atoms with van der Waals surface area (Å²) in [6.45, 7) is 5.41. The highest BCUT2D eigenvalue weighted by molar-refractivity contribution is 5.95. The monoisotopic (exact) mass is 351 g/mol. The van der Waals surface area contributed by atoms with Crippen LogP contribution in [-0.2, 0) is 9.53 Å². The first-order valence-corrected chi connectivity index (χ1v) is 8.37. The van der Waals surface area contributed by atoms with Crippen molar-refractivity contribution in [1.29, 1.82) is 0 Å². The van der Waals surface area contributed by atoms with Crippen LogP contribution in [0, 0.1) is 5.92 Å². The molecule has 25 heavy (non-hydrogen) atoms. The van der Waals surface area contributed by atoms with Gasteiger partial charge in [0.15, 0.2) is 17.6 Å². The molecule has 1 N–H and O–H groups in total. The van der Waals surface area contributed by atoms with E-state index >= 15 is 0 Å². The van der Waals surface area contributed by atoms with E-state index in [0.717, 1.165) is 6.42 Å². The van der Waals surface area contributed by atoms with Crippen LogP contribution in [0.1, 0.15) is 30.6 Å². The van der Waals surface area contributed by atoms with E-state index in [1.165, 1.54) is 12.0 Å². The second kappa shape index (κ2) is 8.71. The lowest BCUT2D eigenvalue weighted by Crippen LogP contribution is -2.48. The zero-order chi connectivity index (χ0) is 18.4. The van der Waals surface area contributed by atoms with E-state index in [0.29, 0.717) is 36.1 Å². The van der Waals surface area contributed by atoms with Gasteiger partial charge in [0.25, 0.3) is 5.91 Å². The zero-order valence-electron chi connectivity index (χ0n) is 14.9. The third-order valence-electron chi connectivity index (χ3n) is 3.99. The molecule has 7 heteroatoms. The van der Waals surface area contributed by atoms with Gasteiger partial charge in [-0.05, 0) is 30.5 Å². The van der Waals surface area contributed by atoms with Gasteiger partial charge in [0.2, 0.25) is 0 Å². The standard InChI is InChI=1S/C18H25NO6/c1-12(2)6-8-24-14-5-4-13(10-15(14)23-3)17(20)19-7-9-25-16(11-19)18(21)22/h4-5,10,12,16H,6-9,11H2,1-3H3,(H,21,22). The molecule has 1 atom stereocenters. The van der Waals surface area contributed by atoms with Crippen LogP contribution in [0.5, 0.6) is 11.5 Å². The van der Waals surface area contributed by atoms with Crippen molar-refractivity contribution in [2.75, 3.05) is 33.4 Å². The number of ether oxygens (including phenoxy) is 3. The minimum absolute atomic E-state index is 0.0309. The summed E-state index contributed by atoms with van der Waals surface area (Å²) in [5, 5.41) is 9.05. The van der Waals surface area contributed by atoms with Gasteiger partial charge in [-0.25, -0.2) is 4.79 Å². The summed E-state index contributed by atoms with van der Waals surface area (Å²) in [5.74, 6) is 0.295. The lowest BCUT2D eigenvalue weighted by molar-refractivity contribution is -0.154. The smallest absolute Gasteiger partial charge is 0.334 e. The Morgan fingerprint density at radius 3 is 2.76 bits per heavy atom. The average Bonchev–Trinajstić information content (AvgIpc) is 2.61. The highest BCUT2D eigenvalue weighted by Crippen LogP contribution is 2.29. The van der Waals surface area contributed by atoms with Gasteiger partial charge in [0, 0.05) is 12.1 Å². The molecular weight excluding hydrogens is 326 g/mol. The number of carbonyl (C=O) groups excluding carboxylic acids is 1. The fraction of sp³-hybridized carbons (Fsp3) is 0.556. The van der Waals surface area contributed by atoms with E-state index < -0.39 is 12.1 Å². The number of hydrogen-bond donors (Lipinski definition) is 1. The summed E-state index contributed by atoms with van der Waals surface area (Å²) in [6, 6.07) is 5.00. The number of benzene rings is 1. The SMILES string of the molecule is COc1cc(C(=O)N2CCOC(C(=O)O)C2)ccc1OCCC(C)C. The van der Waals surface area contributed by atoms with E-state index in [9.17, 15) is 9.59 Å². The minimum atomic E-state index is -1.07. The topological polar surface area (TPSA) is 85.3 Å². The predicted molar refractivity (Wildman–Crippen MR) is 91.2 cm³/mol. The first kappa shape index (κ1) is 19.1. The molecule has 2 rings (SSSR count). The van der Waals surface area contributed by atoms with Crippen molar-refractivity contribution in [2.45, 2.75) is 26.4 Å². The Morgan fingerprint density at radius 1 is 1.36 bits per heavy atom. The second-order valence-corrected chi connectivity index (χ2v) is 6.35. The number of nitrogens with zero attached hydrogens (tertiary/aromatic N) is 1. The second-order valence-electron chi connectivity index (χ2n) is 6.35. The van der Waals surface area contributed by atoms with Crippen LogP contribution in [-0.4, -0.2) is 61.4 Å². The Bertz CT molecular complexity index is 616. The first-order chi connectivity index (χ1) is 11.9. The Morgan fingerprint density at radius 2 is 2.12 bits per heavy atom. The maximum Gasteiger partial charge on any atom is 0.334 e. The van der Waals surface area contributed by atoms with Crippen LogP contribution >= 0.6 is 0 Å². The molecule has 1 unspecified atom stereocenters. The van der Waals surface area contributed by atoms with Crippen molar-refractivity contribution < 1.29 is 28.9 Å². The quantitative estimate of drug-likeness (QED) is 0.809. The number of carboxylic acid groups (broad SMARTS) is 1. The average molecular weight is 351 g/mol. The molecule has 1 heterocycles. The van der Waals surface area contributed by atoms with E-state index in [-0.39, 0.29) is 19.1 Å². The van der Waals surface area contributed by atoms with Crippen molar-refractivity contribution in [1.82, 2.24) is 4.90 Å². The summed E-state index contributed by atoms with van der Waals surface area (Å²) in [5.41, 5.74) is 0.430. The third-order valence-corrected chi connectivity index (χ3v) is 3.99. The van der Waals surface area contributed by atoms with Gasteiger partial charge in [-0.15, -0.1) is 0 Å². The molecule has 0 spiro atoms. The number of aliphatic carboxylic acids is 1. The van der Waals surface area contributed by atoms with Crippen LogP contribution < -0.4 is 9.47 Å². The van der Waals surface area contributed by atoms with Crippen LogP contribution in [0.4, 0.5) is 0 Å². The van der Waals surface area contributed by atoms with E-state index in [2.05, 4.69) is 13.8 Å². The molecule has 0 aliphatic carbocycles. The molecule has 0 radical (unpaired) electrons. The van der Waals surface area contributed by atoms with Crippen LogP contribution in [0.25, 0.3) is 0 Å². The summed E-state index contributed by atoms with van der Waals surface area (Å²) in [6.07, 6.45) is -0.0630. The van der Waals surface area contributed by atoms with Crippen LogP contribution in [0.15, 0.2) is 18.2 Å². The number of amides is 1. The van der Waals surface area contributed by atoms with Gasteiger partial charge in [0.05, 0.1) is 26.9 Å². The maximum absolute atomic E-state index is 12.6. The number of hydrogen-bond acceptors (Lipinski definition) is 5. The lowest BCUT2D eigenvalue weighted by Gasteiger charge is -2.31. The Hall–Kier alpha value is -2.28. The number of carbonyl (C=O) groups is 2. The Kier molecular flexibility index (Phi) is 6.64.